The minimum atomic E-state index is -0.242. The van der Waals surface area contributed by atoms with Crippen LogP contribution in [0.25, 0.3) is 0 Å². The first-order valence-electron chi connectivity index (χ1n) is 7.24. The highest BCUT2D eigenvalue weighted by Crippen LogP contribution is 2.14. The zero-order valence-electron chi connectivity index (χ0n) is 12.6. The molecule has 1 heterocycles. The van der Waals surface area contributed by atoms with Crippen molar-refractivity contribution in [3.8, 4) is 0 Å². The molecule has 1 rings (SSSR count). The molecule has 0 aliphatic carbocycles. The maximum absolute atomic E-state index is 11.8. The molecule has 5 heteroatoms. The second-order valence-electron chi connectivity index (χ2n) is 5.35. The van der Waals surface area contributed by atoms with E-state index < -0.39 is 0 Å². The summed E-state index contributed by atoms with van der Waals surface area (Å²) in [6, 6.07) is 0.0266. The van der Waals surface area contributed by atoms with Gasteiger partial charge in [-0.25, -0.2) is 0 Å². The number of nitrogens with one attached hydrogen (secondary N) is 1. The number of hydrogen-bond donors (Lipinski definition) is 1. The van der Waals surface area contributed by atoms with Crippen molar-refractivity contribution in [1.82, 2.24) is 10.2 Å². The van der Waals surface area contributed by atoms with E-state index in [1.807, 2.05) is 20.8 Å². The Labute approximate surface area is 116 Å². The fourth-order valence-corrected chi connectivity index (χ4v) is 2.49. The molecule has 1 saturated heterocycles. The summed E-state index contributed by atoms with van der Waals surface area (Å²) in [6.07, 6.45) is 2.48. The number of piperidine rings is 1. The number of ether oxygens (including phenoxy) is 2. The Bertz CT molecular complexity index is 263. The first kappa shape index (κ1) is 16.4. The molecule has 112 valence electrons. The lowest BCUT2D eigenvalue weighted by atomic mass is 10.1. The van der Waals surface area contributed by atoms with Gasteiger partial charge in [-0.1, -0.05) is 13.8 Å². The van der Waals surface area contributed by atoms with Gasteiger partial charge in [0.25, 0.3) is 0 Å². The second-order valence-corrected chi connectivity index (χ2v) is 5.35. The molecule has 0 aromatic heterocycles. The smallest absolute Gasteiger partial charge is 0.324 e. The second kappa shape index (κ2) is 8.51. The largest absolute Gasteiger partial charge is 0.468 e. The van der Waals surface area contributed by atoms with Crippen LogP contribution in [0.5, 0.6) is 0 Å². The van der Waals surface area contributed by atoms with E-state index in [-0.39, 0.29) is 18.1 Å². The predicted molar refractivity (Wildman–Crippen MR) is 75.2 cm³/mol. The van der Waals surface area contributed by atoms with Crippen LogP contribution in [-0.2, 0) is 14.3 Å². The Kier molecular flexibility index (Phi) is 7.34. The summed E-state index contributed by atoms with van der Waals surface area (Å²) in [5, 5.41) is 3.27. The van der Waals surface area contributed by atoms with Crippen molar-refractivity contribution >= 4 is 5.97 Å². The first-order valence-corrected chi connectivity index (χ1v) is 7.24. The van der Waals surface area contributed by atoms with Crippen molar-refractivity contribution in [2.24, 2.45) is 0 Å². The maximum Gasteiger partial charge on any atom is 0.324 e. The monoisotopic (exact) mass is 272 g/mol. The average Bonchev–Trinajstić information content (AvgIpc) is 2.39. The van der Waals surface area contributed by atoms with E-state index >= 15 is 0 Å². The van der Waals surface area contributed by atoms with Crippen LogP contribution in [0.1, 0.15) is 33.6 Å². The molecule has 0 aromatic carbocycles. The summed E-state index contributed by atoms with van der Waals surface area (Å²) in [6.45, 7) is 9.57. The molecule has 1 N–H and O–H groups in total. The van der Waals surface area contributed by atoms with Gasteiger partial charge in [0.1, 0.15) is 6.04 Å². The first-order chi connectivity index (χ1) is 9.06. The number of nitrogens with zero attached hydrogens (tertiary/aromatic N) is 1. The Morgan fingerprint density at radius 3 is 2.47 bits per heavy atom. The highest BCUT2D eigenvalue weighted by atomic mass is 16.5. The van der Waals surface area contributed by atoms with Crippen molar-refractivity contribution in [3.05, 3.63) is 0 Å². The van der Waals surface area contributed by atoms with E-state index in [1.165, 1.54) is 7.11 Å². The third-order valence-electron chi connectivity index (χ3n) is 3.40. The minimum absolute atomic E-state index is 0.180. The third-order valence-corrected chi connectivity index (χ3v) is 3.40. The number of methoxy groups -OCH3 is 1. The molecule has 1 aliphatic heterocycles. The van der Waals surface area contributed by atoms with Crippen molar-refractivity contribution in [3.63, 3.8) is 0 Å². The average molecular weight is 272 g/mol. The fourth-order valence-electron chi connectivity index (χ4n) is 2.49. The molecule has 0 saturated carbocycles. The zero-order valence-corrected chi connectivity index (χ0v) is 12.6. The molecule has 0 radical (unpaired) electrons. The van der Waals surface area contributed by atoms with Crippen molar-refractivity contribution in [1.29, 1.82) is 0 Å². The molecule has 1 unspecified atom stereocenters. The molecule has 0 bridgehead atoms. The van der Waals surface area contributed by atoms with Gasteiger partial charge in [-0.05, 0) is 19.8 Å². The zero-order chi connectivity index (χ0) is 14.3. The quantitative estimate of drug-likeness (QED) is 0.702. The number of hydrogen-bond acceptors (Lipinski definition) is 5. The van der Waals surface area contributed by atoms with Gasteiger partial charge in [0.05, 0.1) is 13.2 Å². The normalized spacial score (nSPS) is 19.6. The summed E-state index contributed by atoms with van der Waals surface area (Å²) in [5.41, 5.74) is 0. The molecule has 0 spiro atoms. The lowest BCUT2D eigenvalue weighted by Gasteiger charge is -2.34. The predicted octanol–water partition coefficient (Wildman–Crippen LogP) is 1.03. The van der Waals surface area contributed by atoms with Crippen LogP contribution in [0, 0.1) is 0 Å². The summed E-state index contributed by atoms with van der Waals surface area (Å²) in [4.78, 5) is 14.1. The van der Waals surface area contributed by atoms with Crippen LogP contribution < -0.4 is 5.32 Å². The molecule has 0 aromatic rings. The molecule has 5 nitrogen and oxygen atoms in total. The fraction of sp³-hybridized carbons (Fsp3) is 0.929. The number of carbonyl (C=O) groups is 1. The maximum atomic E-state index is 11.8. The van der Waals surface area contributed by atoms with Gasteiger partial charge >= 0.3 is 5.97 Å². The molecular weight excluding hydrogens is 244 g/mol. The molecule has 1 aliphatic rings. The molecular formula is C14H28N2O3. The van der Waals surface area contributed by atoms with Gasteiger partial charge in [0.2, 0.25) is 0 Å². The van der Waals surface area contributed by atoms with E-state index in [1.54, 1.807) is 0 Å². The Hall–Kier alpha value is -0.650. The van der Waals surface area contributed by atoms with E-state index in [4.69, 9.17) is 9.47 Å². The Balaban J connectivity index is 2.40. The standard InChI is InChI=1S/C14H28N2O3/c1-5-19-12-6-8-16(9-7-12)10-13(14(17)18-4)15-11(2)3/h11-13,15H,5-10H2,1-4H3. The minimum Gasteiger partial charge on any atom is -0.468 e. The van der Waals surface area contributed by atoms with Crippen LogP contribution in [0.2, 0.25) is 0 Å². The lowest BCUT2D eigenvalue weighted by Crippen LogP contribution is -2.51. The molecule has 1 fully saturated rings. The van der Waals surface area contributed by atoms with Crippen molar-refractivity contribution in [2.75, 3.05) is 33.4 Å². The molecule has 1 atom stereocenters. The number of esters is 1. The Morgan fingerprint density at radius 1 is 1.37 bits per heavy atom. The number of carbonyl (C=O) groups excluding carboxylic acids is 1. The van der Waals surface area contributed by atoms with Crippen LogP contribution in [-0.4, -0.2) is 62.4 Å². The summed E-state index contributed by atoms with van der Waals surface area (Å²) < 4.78 is 10.5. The van der Waals surface area contributed by atoms with Gasteiger partial charge in [-0.3, -0.25) is 4.79 Å². The van der Waals surface area contributed by atoms with Gasteiger partial charge in [0.15, 0.2) is 0 Å². The van der Waals surface area contributed by atoms with Gasteiger partial charge in [0, 0.05) is 32.3 Å². The highest BCUT2D eigenvalue weighted by molar-refractivity contribution is 5.76. The molecule has 19 heavy (non-hydrogen) atoms. The summed E-state index contributed by atoms with van der Waals surface area (Å²) >= 11 is 0. The van der Waals surface area contributed by atoms with E-state index in [0.717, 1.165) is 32.5 Å². The topological polar surface area (TPSA) is 50.8 Å². The van der Waals surface area contributed by atoms with Crippen LogP contribution in [0.15, 0.2) is 0 Å². The van der Waals surface area contributed by atoms with Crippen molar-refractivity contribution in [2.45, 2.75) is 51.8 Å². The number of rotatable bonds is 7. The summed E-state index contributed by atoms with van der Waals surface area (Å²) in [5.74, 6) is -0.180. The Morgan fingerprint density at radius 2 is 2.00 bits per heavy atom. The SMILES string of the molecule is CCOC1CCN(CC(NC(C)C)C(=O)OC)CC1. The lowest BCUT2D eigenvalue weighted by molar-refractivity contribution is -0.144. The van der Waals surface area contributed by atoms with Crippen LogP contribution >= 0.6 is 0 Å². The van der Waals surface area contributed by atoms with Crippen LogP contribution in [0.4, 0.5) is 0 Å². The molecule has 0 amide bonds. The van der Waals surface area contributed by atoms with E-state index in [9.17, 15) is 4.79 Å². The summed E-state index contributed by atoms with van der Waals surface area (Å²) in [7, 11) is 1.44. The number of likely N-dealkylation sites (tertiary alicyclic amines) is 1. The van der Waals surface area contributed by atoms with Gasteiger partial charge < -0.3 is 19.7 Å². The van der Waals surface area contributed by atoms with Crippen molar-refractivity contribution < 1.29 is 14.3 Å². The van der Waals surface area contributed by atoms with E-state index in [0.29, 0.717) is 12.6 Å². The van der Waals surface area contributed by atoms with Gasteiger partial charge in [-0.15, -0.1) is 0 Å². The van der Waals surface area contributed by atoms with Gasteiger partial charge in [-0.2, -0.15) is 0 Å². The third kappa shape index (κ3) is 5.89. The van der Waals surface area contributed by atoms with E-state index in [2.05, 4.69) is 10.2 Å². The highest BCUT2D eigenvalue weighted by Gasteiger charge is 2.26. The van der Waals surface area contributed by atoms with Crippen LogP contribution in [0.3, 0.4) is 0 Å².